The molecule has 0 saturated carbocycles. The molecule has 0 unspecified atom stereocenters. The molecule has 0 atom stereocenters. The van der Waals surface area contributed by atoms with Gasteiger partial charge < -0.3 is 24.3 Å². The summed E-state index contributed by atoms with van der Waals surface area (Å²) in [5.74, 6) is 0.123. The van der Waals surface area contributed by atoms with Crippen LogP contribution in [-0.2, 0) is 36.9 Å². The average molecular weight is 401 g/mol. The monoisotopic (exact) mass is 400 g/mol. The Morgan fingerprint density at radius 2 is 1.71 bits per heavy atom. The van der Waals surface area contributed by atoms with Crippen molar-refractivity contribution in [2.45, 2.75) is 58.7 Å². The molecule has 0 spiro atoms. The van der Waals surface area contributed by atoms with Gasteiger partial charge in [-0.3, -0.25) is 9.48 Å². The number of carbonyl (C=O) groups is 1. The number of amides is 1. The fourth-order valence-electron chi connectivity index (χ4n) is 2.40. The second-order valence-corrected chi connectivity index (χ2v) is 6.78. The lowest BCUT2D eigenvalue weighted by atomic mass is 10.2. The summed E-state index contributed by atoms with van der Waals surface area (Å²) in [4.78, 5) is 11.6. The quantitative estimate of drug-likeness (QED) is 0.374. The van der Waals surface area contributed by atoms with E-state index in [1.165, 1.54) is 0 Å². The van der Waals surface area contributed by atoms with E-state index >= 15 is 0 Å². The molecule has 9 heteroatoms. The van der Waals surface area contributed by atoms with Gasteiger partial charge in [0.05, 0.1) is 52.4 Å². The standard InChI is InChI=1S/C19H36N4O5/c1-17(2)20-19(24)7-5-4-6-8-23-15-18(21-22-23)16-28-14-13-27-12-11-26-10-9-25-3/h15,17H,4-14,16H2,1-3H3,(H,20,24). The van der Waals surface area contributed by atoms with Crippen molar-refractivity contribution in [1.29, 1.82) is 0 Å². The Labute approximate surface area is 168 Å². The van der Waals surface area contributed by atoms with Crippen LogP contribution in [0.25, 0.3) is 0 Å². The van der Waals surface area contributed by atoms with Gasteiger partial charge in [-0.1, -0.05) is 11.6 Å². The van der Waals surface area contributed by atoms with Crippen molar-refractivity contribution in [2.75, 3.05) is 46.8 Å². The number of methoxy groups -OCH3 is 1. The van der Waals surface area contributed by atoms with Crippen LogP contribution in [0, 0.1) is 0 Å². The van der Waals surface area contributed by atoms with Crippen LogP contribution in [0.5, 0.6) is 0 Å². The number of aryl methyl sites for hydroxylation is 1. The molecule has 0 radical (unpaired) electrons. The maximum Gasteiger partial charge on any atom is 0.220 e. The number of carbonyl (C=O) groups excluding carboxylic acids is 1. The van der Waals surface area contributed by atoms with Crippen molar-refractivity contribution in [3.8, 4) is 0 Å². The highest BCUT2D eigenvalue weighted by molar-refractivity contribution is 5.76. The van der Waals surface area contributed by atoms with Crippen molar-refractivity contribution < 1.29 is 23.7 Å². The number of hydrogen-bond donors (Lipinski definition) is 1. The van der Waals surface area contributed by atoms with E-state index in [4.69, 9.17) is 18.9 Å². The van der Waals surface area contributed by atoms with E-state index in [9.17, 15) is 4.79 Å². The predicted molar refractivity (Wildman–Crippen MR) is 105 cm³/mol. The summed E-state index contributed by atoms with van der Waals surface area (Å²) in [6.07, 6.45) is 5.33. The van der Waals surface area contributed by atoms with Gasteiger partial charge in [-0.25, -0.2) is 0 Å². The minimum atomic E-state index is 0.123. The summed E-state index contributed by atoms with van der Waals surface area (Å²) in [5, 5.41) is 11.1. The molecule has 0 bridgehead atoms. The molecule has 28 heavy (non-hydrogen) atoms. The number of ether oxygens (including phenoxy) is 4. The van der Waals surface area contributed by atoms with Gasteiger partial charge >= 0.3 is 0 Å². The summed E-state index contributed by atoms with van der Waals surface area (Å²) < 4.78 is 22.9. The number of hydrogen-bond acceptors (Lipinski definition) is 7. The van der Waals surface area contributed by atoms with Gasteiger partial charge in [0, 0.05) is 26.1 Å². The van der Waals surface area contributed by atoms with Crippen molar-refractivity contribution >= 4 is 5.91 Å². The number of aromatic nitrogens is 3. The molecule has 1 rings (SSSR count). The maximum absolute atomic E-state index is 11.6. The smallest absolute Gasteiger partial charge is 0.220 e. The van der Waals surface area contributed by atoms with Crippen molar-refractivity contribution in [1.82, 2.24) is 20.3 Å². The molecule has 1 heterocycles. The van der Waals surface area contributed by atoms with Crippen LogP contribution in [-0.4, -0.2) is 73.7 Å². The Hall–Kier alpha value is -1.55. The fraction of sp³-hybridized carbons (Fsp3) is 0.842. The lowest BCUT2D eigenvalue weighted by Crippen LogP contribution is -2.29. The Kier molecular flexibility index (Phi) is 14.4. The highest BCUT2D eigenvalue weighted by atomic mass is 16.6. The highest BCUT2D eigenvalue weighted by Gasteiger charge is 2.04. The van der Waals surface area contributed by atoms with Crippen molar-refractivity contribution in [3.05, 3.63) is 11.9 Å². The summed E-state index contributed by atoms with van der Waals surface area (Å²) in [7, 11) is 1.65. The van der Waals surface area contributed by atoms with Crippen LogP contribution in [0.3, 0.4) is 0 Å². The Bertz CT molecular complexity index is 510. The second kappa shape index (κ2) is 16.4. The number of unbranched alkanes of at least 4 members (excludes halogenated alkanes) is 2. The molecule has 0 saturated heterocycles. The van der Waals surface area contributed by atoms with Gasteiger partial charge in [-0.15, -0.1) is 5.10 Å². The SMILES string of the molecule is COCCOCCOCCOCc1cn(CCCCCC(=O)NC(C)C)nn1. The maximum atomic E-state index is 11.6. The van der Waals surface area contributed by atoms with Crippen molar-refractivity contribution in [2.24, 2.45) is 0 Å². The van der Waals surface area contributed by atoms with Crippen LogP contribution in [0.4, 0.5) is 0 Å². The first-order valence-corrected chi connectivity index (χ1v) is 10.0. The molecular weight excluding hydrogens is 364 g/mol. The molecule has 9 nitrogen and oxygen atoms in total. The van der Waals surface area contributed by atoms with Gasteiger partial charge in [0.25, 0.3) is 0 Å². The van der Waals surface area contributed by atoms with Gasteiger partial charge in [-0.05, 0) is 26.7 Å². The zero-order valence-electron chi connectivity index (χ0n) is 17.5. The van der Waals surface area contributed by atoms with Crippen LogP contribution in [0.1, 0.15) is 45.2 Å². The Morgan fingerprint density at radius 3 is 2.39 bits per heavy atom. The van der Waals surface area contributed by atoms with Crippen LogP contribution >= 0.6 is 0 Å². The fourth-order valence-corrected chi connectivity index (χ4v) is 2.40. The molecule has 1 N–H and O–H groups in total. The van der Waals surface area contributed by atoms with Gasteiger partial charge in [-0.2, -0.15) is 0 Å². The molecule has 0 aliphatic carbocycles. The van der Waals surface area contributed by atoms with E-state index in [2.05, 4.69) is 15.6 Å². The largest absolute Gasteiger partial charge is 0.382 e. The Morgan fingerprint density at radius 1 is 1.04 bits per heavy atom. The van der Waals surface area contributed by atoms with Crippen LogP contribution in [0.2, 0.25) is 0 Å². The van der Waals surface area contributed by atoms with Gasteiger partial charge in [0.15, 0.2) is 0 Å². The molecule has 1 amide bonds. The second-order valence-electron chi connectivity index (χ2n) is 6.78. The van der Waals surface area contributed by atoms with E-state index in [0.29, 0.717) is 52.7 Å². The van der Waals surface area contributed by atoms with E-state index in [-0.39, 0.29) is 11.9 Å². The molecule has 0 aliphatic rings. The van der Waals surface area contributed by atoms with E-state index in [0.717, 1.165) is 31.5 Å². The zero-order valence-corrected chi connectivity index (χ0v) is 17.5. The lowest BCUT2D eigenvalue weighted by Gasteiger charge is -2.07. The van der Waals surface area contributed by atoms with E-state index < -0.39 is 0 Å². The first-order valence-electron chi connectivity index (χ1n) is 10.0. The molecule has 0 fully saturated rings. The third-order valence-corrected chi connectivity index (χ3v) is 3.75. The van der Waals surface area contributed by atoms with Gasteiger partial charge in [0.1, 0.15) is 5.69 Å². The molecule has 0 aliphatic heterocycles. The van der Waals surface area contributed by atoms with E-state index in [1.807, 2.05) is 24.7 Å². The Balaban J connectivity index is 1.96. The lowest BCUT2D eigenvalue weighted by molar-refractivity contribution is -0.121. The highest BCUT2D eigenvalue weighted by Crippen LogP contribution is 2.03. The number of nitrogens with one attached hydrogen (secondary N) is 1. The molecule has 0 aromatic carbocycles. The molecule has 162 valence electrons. The first kappa shape index (κ1) is 24.5. The summed E-state index contributed by atoms with van der Waals surface area (Å²) in [6, 6.07) is 0.204. The van der Waals surface area contributed by atoms with Crippen LogP contribution < -0.4 is 5.32 Å². The third kappa shape index (κ3) is 13.6. The minimum absolute atomic E-state index is 0.123. The number of rotatable bonds is 18. The molecular formula is C19H36N4O5. The summed E-state index contributed by atoms with van der Waals surface area (Å²) >= 11 is 0. The normalized spacial score (nSPS) is 11.3. The van der Waals surface area contributed by atoms with Gasteiger partial charge in [0.2, 0.25) is 5.91 Å². The zero-order chi connectivity index (χ0) is 20.5. The summed E-state index contributed by atoms with van der Waals surface area (Å²) in [6.45, 7) is 8.46. The van der Waals surface area contributed by atoms with Crippen LogP contribution in [0.15, 0.2) is 6.20 Å². The number of nitrogens with zero attached hydrogens (tertiary/aromatic N) is 3. The third-order valence-electron chi connectivity index (χ3n) is 3.75. The average Bonchev–Trinajstić information content (AvgIpc) is 3.10. The topological polar surface area (TPSA) is 96.7 Å². The summed E-state index contributed by atoms with van der Waals surface area (Å²) in [5.41, 5.74) is 0.805. The molecule has 1 aromatic heterocycles. The molecule has 1 aromatic rings. The first-order chi connectivity index (χ1) is 13.6. The minimum Gasteiger partial charge on any atom is -0.382 e. The van der Waals surface area contributed by atoms with E-state index in [1.54, 1.807) is 7.11 Å². The predicted octanol–water partition coefficient (Wildman–Crippen LogP) is 1.56. The van der Waals surface area contributed by atoms with Crippen molar-refractivity contribution in [3.63, 3.8) is 0 Å².